The average molecular weight is 180 g/mol. The van der Waals surface area contributed by atoms with Crippen LogP contribution >= 0.6 is 0 Å². The van der Waals surface area contributed by atoms with Crippen LogP contribution in [-0.4, -0.2) is 49.1 Å². The molecule has 3 aliphatic rings. The highest BCUT2D eigenvalue weighted by molar-refractivity contribution is 4.95. The largest absolute Gasteiger partial charge is 0.303 e. The average Bonchev–Trinajstić information content (AvgIpc) is 2.55. The van der Waals surface area contributed by atoms with E-state index in [1.807, 2.05) is 0 Å². The second-order valence-corrected chi connectivity index (χ2v) is 5.28. The Labute approximate surface area is 80.9 Å². The van der Waals surface area contributed by atoms with Crippen molar-refractivity contribution in [1.29, 1.82) is 0 Å². The molecule has 0 bridgehead atoms. The number of fused-ring (bicyclic) bond motifs is 1. The quantitative estimate of drug-likeness (QED) is 0.595. The lowest BCUT2D eigenvalue weighted by molar-refractivity contribution is 0.0637. The Hall–Kier alpha value is -0.0800. The molecule has 0 aromatic carbocycles. The van der Waals surface area contributed by atoms with Crippen molar-refractivity contribution in [3.8, 4) is 0 Å². The van der Waals surface area contributed by atoms with Crippen molar-refractivity contribution in [3.05, 3.63) is 0 Å². The first kappa shape index (κ1) is 8.25. The molecule has 1 saturated carbocycles. The fraction of sp³-hybridized carbons (Fsp3) is 1.00. The standard InChI is InChI=1S/C11H20N2/c1-12-7-11(8-12)13-5-9-3-2-4-10(9)6-13/h9-11H,2-8H2,1H3. The van der Waals surface area contributed by atoms with Gasteiger partial charge in [-0.3, -0.25) is 4.90 Å². The van der Waals surface area contributed by atoms with E-state index in [4.69, 9.17) is 0 Å². The van der Waals surface area contributed by atoms with Crippen LogP contribution in [0.25, 0.3) is 0 Å². The Morgan fingerprint density at radius 1 is 0.923 bits per heavy atom. The van der Waals surface area contributed by atoms with Gasteiger partial charge in [0.05, 0.1) is 0 Å². The van der Waals surface area contributed by atoms with E-state index in [9.17, 15) is 0 Å². The minimum Gasteiger partial charge on any atom is -0.303 e. The molecule has 0 N–H and O–H groups in total. The van der Waals surface area contributed by atoms with E-state index in [1.165, 1.54) is 45.4 Å². The van der Waals surface area contributed by atoms with E-state index < -0.39 is 0 Å². The number of nitrogens with zero attached hydrogens (tertiary/aromatic N) is 2. The third-order valence-corrected chi connectivity index (χ3v) is 4.32. The summed E-state index contributed by atoms with van der Waals surface area (Å²) in [6.07, 6.45) is 4.54. The van der Waals surface area contributed by atoms with Crippen LogP contribution in [0, 0.1) is 11.8 Å². The van der Waals surface area contributed by atoms with E-state index >= 15 is 0 Å². The van der Waals surface area contributed by atoms with Gasteiger partial charge in [-0.2, -0.15) is 0 Å². The molecule has 74 valence electrons. The Kier molecular flexibility index (Phi) is 1.88. The van der Waals surface area contributed by atoms with Crippen LogP contribution in [0.2, 0.25) is 0 Å². The fourth-order valence-electron chi connectivity index (χ4n) is 3.47. The van der Waals surface area contributed by atoms with Crippen LogP contribution < -0.4 is 0 Å². The van der Waals surface area contributed by atoms with E-state index in [0.29, 0.717) is 0 Å². The summed E-state index contributed by atoms with van der Waals surface area (Å²) in [5.41, 5.74) is 0. The molecule has 0 amide bonds. The molecule has 2 aliphatic heterocycles. The molecule has 2 atom stereocenters. The zero-order valence-electron chi connectivity index (χ0n) is 8.58. The van der Waals surface area contributed by atoms with Gasteiger partial charge in [0.1, 0.15) is 0 Å². The van der Waals surface area contributed by atoms with Gasteiger partial charge in [-0.15, -0.1) is 0 Å². The highest BCUT2D eigenvalue weighted by atomic mass is 15.3. The molecule has 2 heterocycles. The number of likely N-dealkylation sites (tertiary alicyclic amines) is 2. The monoisotopic (exact) mass is 180 g/mol. The molecule has 2 heteroatoms. The third-order valence-electron chi connectivity index (χ3n) is 4.32. The lowest BCUT2D eigenvalue weighted by Gasteiger charge is -2.42. The maximum atomic E-state index is 2.76. The summed E-state index contributed by atoms with van der Waals surface area (Å²) >= 11 is 0. The summed E-state index contributed by atoms with van der Waals surface area (Å²) in [6.45, 7) is 5.48. The number of rotatable bonds is 1. The molecular formula is C11H20N2. The van der Waals surface area contributed by atoms with Crippen LogP contribution in [0.4, 0.5) is 0 Å². The summed E-state index contributed by atoms with van der Waals surface area (Å²) in [5.74, 6) is 2.15. The second kappa shape index (κ2) is 2.96. The zero-order valence-corrected chi connectivity index (χ0v) is 8.58. The Morgan fingerprint density at radius 2 is 1.54 bits per heavy atom. The summed E-state index contributed by atoms with van der Waals surface area (Å²) in [4.78, 5) is 5.19. The van der Waals surface area contributed by atoms with E-state index in [-0.39, 0.29) is 0 Å². The summed E-state index contributed by atoms with van der Waals surface area (Å²) < 4.78 is 0. The normalized spacial score (nSPS) is 42.2. The highest BCUT2D eigenvalue weighted by Gasteiger charge is 2.41. The highest BCUT2D eigenvalue weighted by Crippen LogP contribution is 2.39. The molecule has 0 radical (unpaired) electrons. The van der Waals surface area contributed by atoms with Gasteiger partial charge in [0.25, 0.3) is 0 Å². The van der Waals surface area contributed by atoms with Gasteiger partial charge in [-0.25, -0.2) is 0 Å². The van der Waals surface area contributed by atoms with Crippen LogP contribution in [0.3, 0.4) is 0 Å². The lowest BCUT2D eigenvalue weighted by Crippen LogP contribution is -2.57. The van der Waals surface area contributed by atoms with Gasteiger partial charge in [0, 0.05) is 32.2 Å². The van der Waals surface area contributed by atoms with Crippen molar-refractivity contribution in [1.82, 2.24) is 9.80 Å². The fourth-order valence-corrected chi connectivity index (χ4v) is 3.47. The minimum atomic E-state index is 0.913. The van der Waals surface area contributed by atoms with E-state index in [1.54, 1.807) is 0 Å². The summed E-state index contributed by atoms with van der Waals surface area (Å²) in [6, 6.07) is 0.913. The first-order valence-corrected chi connectivity index (χ1v) is 5.75. The number of hydrogen-bond acceptors (Lipinski definition) is 2. The first-order chi connectivity index (χ1) is 6.33. The maximum absolute atomic E-state index is 2.76. The SMILES string of the molecule is CN1CC(N2CC3CCCC3C2)C1. The molecule has 2 unspecified atom stereocenters. The van der Waals surface area contributed by atoms with Gasteiger partial charge in [0.2, 0.25) is 0 Å². The summed E-state index contributed by atoms with van der Waals surface area (Å²) in [5, 5.41) is 0. The van der Waals surface area contributed by atoms with Crippen molar-refractivity contribution in [2.45, 2.75) is 25.3 Å². The molecule has 2 nitrogen and oxygen atoms in total. The van der Waals surface area contributed by atoms with Gasteiger partial charge in [-0.1, -0.05) is 6.42 Å². The van der Waals surface area contributed by atoms with Crippen molar-refractivity contribution in [3.63, 3.8) is 0 Å². The first-order valence-electron chi connectivity index (χ1n) is 5.75. The molecule has 0 aromatic rings. The predicted molar refractivity (Wildman–Crippen MR) is 53.7 cm³/mol. The van der Waals surface area contributed by atoms with E-state index in [0.717, 1.165) is 17.9 Å². The molecule has 2 saturated heterocycles. The minimum absolute atomic E-state index is 0.913. The smallest absolute Gasteiger partial charge is 0.0350 e. The Morgan fingerprint density at radius 3 is 2.08 bits per heavy atom. The Bertz CT molecular complexity index is 186. The number of likely N-dealkylation sites (N-methyl/N-ethyl adjacent to an activating group) is 1. The van der Waals surface area contributed by atoms with Crippen molar-refractivity contribution >= 4 is 0 Å². The zero-order chi connectivity index (χ0) is 8.84. The van der Waals surface area contributed by atoms with E-state index in [2.05, 4.69) is 16.8 Å². The van der Waals surface area contributed by atoms with Gasteiger partial charge in [-0.05, 0) is 31.7 Å². The maximum Gasteiger partial charge on any atom is 0.0350 e. The topological polar surface area (TPSA) is 6.48 Å². The van der Waals surface area contributed by atoms with Crippen LogP contribution in [0.1, 0.15) is 19.3 Å². The van der Waals surface area contributed by atoms with Crippen LogP contribution in [0.5, 0.6) is 0 Å². The summed E-state index contributed by atoms with van der Waals surface area (Å²) in [7, 11) is 2.23. The van der Waals surface area contributed by atoms with Gasteiger partial charge in [0.15, 0.2) is 0 Å². The molecule has 1 aliphatic carbocycles. The molecule has 13 heavy (non-hydrogen) atoms. The second-order valence-electron chi connectivity index (χ2n) is 5.28. The Balaban J connectivity index is 1.58. The van der Waals surface area contributed by atoms with Crippen LogP contribution in [0.15, 0.2) is 0 Å². The van der Waals surface area contributed by atoms with Crippen LogP contribution in [-0.2, 0) is 0 Å². The molecule has 0 aromatic heterocycles. The van der Waals surface area contributed by atoms with Crippen molar-refractivity contribution < 1.29 is 0 Å². The molecule has 3 rings (SSSR count). The van der Waals surface area contributed by atoms with Gasteiger partial charge < -0.3 is 4.90 Å². The number of hydrogen-bond donors (Lipinski definition) is 0. The molecular weight excluding hydrogens is 160 g/mol. The molecule has 0 spiro atoms. The molecule has 3 fully saturated rings. The predicted octanol–water partition coefficient (Wildman–Crippen LogP) is 1.03. The van der Waals surface area contributed by atoms with Crippen molar-refractivity contribution in [2.24, 2.45) is 11.8 Å². The third kappa shape index (κ3) is 1.31. The van der Waals surface area contributed by atoms with Crippen molar-refractivity contribution in [2.75, 3.05) is 33.2 Å². The van der Waals surface area contributed by atoms with Gasteiger partial charge >= 0.3 is 0 Å². The lowest BCUT2D eigenvalue weighted by atomic mass is 10.0.